The SMILES string of the molecule is CC1CNCC(C)(C)N(Cc2cccnc2)C1. The van der Waals surface area contributed by atoms with Gasteiger partial charge < -0.3 is 5.32 Å². The molecule has 0 saturated carbocycles. The van der Waals surface area contributed by atoms with Crippen molar-refractivity contribution in [2.24, 2.45) is 5.92 Å². The summed E-state index contributed by atoms with van der Waals surface area (Å²) in [5.41, 5.74) is 1.51. The summed E-state index contributed by atoms with van der Waals surface area (Å²) >= 11 is 0. The first-order valence-electron chi connectivity index (χ1n) is 6.42. The summed E-state index contributed by atoms with van der Waals surface area (Å²) < 4.78 is 0. The van der Waals surface area contributed by atoms with Gasteiger partial charge in [-0.2, -0.15) is 0 Å². The highest BCUT2D eigenvalue weighted by molar-refractivity contribution is 5.09. The van der Waals surface area contributed by atoms with E-state index in [-0.39, 0.29) is 5.54 Å². The van der Waals surface area contributed by atoms with Crippen LogP contribution in [0.25, 0.3) is 0 Å². The molecule has 0 aliphatic carbocycles. The quantitative estimate of drug-likeness (QED) is 0.845. The summed E-state index contributed by atoms with van der Waals surface area (Å²) in [7, 11) is 0. The molecule has 1 aliphatic rings. The monoisotopic (exact) mass is 233 g/mol. The molecule has 1 saturated heterocycles. The number of hydrogen-bond donors (Lipinski definition) is 1. The molecule has 0 spiro atoms. The molecule has 17 heavy (non-hydrogen) atoms. The lowest BCUT2D eigenvalue weighted by Gasteiger charge is -2.37. The van der Waals surface area contributed by atoms with Gasteiger partial charge in [-0.05, 0) is 37.9 Å². The third-order valence-electron chi connectivity index (χ3n) is 3.53. The van der Waals surface area contributed by atoms with E-state index in [0.717, 1.165) is 26.2 Å². The Morgan fingerprint density at radius 3 is 3.06 bits per heavy atom. The van der Waals surface area contributed by atoms with Crippen LogP contribution in [0.3, 0.4) is 0 Å². The Bertz CT molecular complexity index is 348. The molecule has 1 aromatic heterocycles. The third-order valence-corrected chi connectivity index (χ3v) is 3.53. The molecule has 1 aliphatic heterocycles. The van der Waals surface area contributed by atoms with Crippen molar-refractivity contribution >= 4 is 0 Å². The summed E-state index contributed by atoms with van der Waals surface area (Å²) in [6.07, 6.45) is 3.81. The number of aromatic nitrogens is 1. The predicted octanol–water partition coefficient (Wildman–Crippen LogP) is 1.90. The average molecular weight is 233 g/mol. The minimum atomic E-state index is 0.209. The molecular formula is C14H23N3. The van der Waals surface area contributed by atoms with Crippen LogP contribution in [-0.2, 0) is 6.54 Å². The van der Waals surface area contributed by atoms with Crippen molar-refractivity contribution in [1.82, 2.24) is 15.2 Å². The topological polar surface area (TPSA) is 28.2 Å². The first-order valence-corrected chi connectivity index (χ1v) is 6.42. The van der Waals surface area contributed by atoms with Crippen LogP contribution < -0.4 is 5.32 Å². The standard InChI is InChI=1S/C14H23N3/c1-12-7-16-11-14(2,3)17(9-12)10-13-5-4-6-15-8-13/h4-6,8,12,16H,7,9-11H2,1-3H3. The Morgan fingerprint density at radius 1 is 1.53 bits per heavy atom. The normalized spacial score (nSPS) is 25.5. The van der Waals surface area contributed by atoms with Gasteiger partial charge in [0.25, 0.3) is 0 Å². The zero-order chi connectivity index (χ0) is 12.3. The molecule has 2 rings (SSSR count). The van der Waals surface area contributed by atoms with Gasteiger partial charge in [-0.1, -0.05) is 13.0 Å². The van der Waals surface area contributed by atoms with Crippen molar-refractivity contribution in [3.05, 3.63) is 30.1 Å². The second-order valence-corrected chi connectivity index (χ2v) is 5.79. The lowest BCUT2D eigenvalue weighted by Crippen LogP contribution is -2.48. The van der Waals surface area contributed by atoms with Gasteiger partial charge in [-0.3, -0.25) is 9.88 Å². The predicted molar refractivity (Wildman–Crippen MR) is 70.8 cm³/mol. The maximum absolute atomic E-state index is 4.20. The van der Waals surface area contributed by atoms with Crippen LogP contribution in [-0.4, -0.2) is 35.1 Å². The number of nitrogens with zero attached hydrogens (tertiary/aromatic N) is 2. The summed E-state index contributed by atoms with van der Waals surface area (Å²) in [5, 5.41) is 3.55. The molecular weight excluding hydrogens is 210 g/mol. The van der Waals surface area contributed by atoms with Gasteiger partial charge in [0.1, 0.15) is 0 Å². The van der Waals surface area contributed by atoms with E-state index in [1.54, 1.807) is 0 Å². The Kier molecular flexibility index (Phi) is 3.79. The van der Waals surface area contributed by atoms with Crippen LogP contribution in [0.15, 0.2) is 24.5 Å². The van der Waals surface area contributed by atoms with E-state index < -0.39 is 0 Å². The molecule has 1 N–H and O–H groups in total. The fourth-order valence-corrected chi connectivity index (χ4v) is 2.41. The molecule has 94 valence electrons. The van der Waals surface area contributed by atoms with Crippen LogP contribution in [0.1, 0.15) is 26.3 Å². The van der Waals surface area contributed by atoms with Crippen LogP contribution in [0.2, 0.25) is 0 Å². The van der Waals surface area contributed by atoms with Crippen LogP contribution in [0, 0.1) is 5.92 Å². The summed E-state index contributed by atoms with van der Waals surface area (Å²) in [5.74, 6) is 0.702. The van der Waals surface area contributed by atoms with Gasteiger partial charge in [0.2, 0.25) is 0 Å². The van der Waals surface area contributed by atoms with Crippen molar-refractivity contribution in [2.45, 2.75) is 32.9 Å². The van der Waals surface area contributed by atoms with E-state index in [1.165, 1.54) is 5.56 Å². The summed E-state index contributed by atoms with van der Waals surface area (Å²) in [4.78, 5) is 6.76. The molecule has 1 unspecified atom stereocenters. The van der Waals surface area contributed by atoms with Crippen molar-refractivity contribution in [1.29, 1.82) is 0 Å². The Hall–Kier alpha value is -0.930. The van der Waals surface area contributed by atoms with Gasteiger partial charge in [-0.25, -0.2) is 0 Å². The van der Waals surface area contributed by atoms with Crippen molar-refractivity contribution in [2.75, 3.05) is 19.6 Å². The van der Waals surface area contributed by atoms with E-state index in [2.05, 4.69) is 42.0 Å². The van der Waals surface area contributed by atoms with E-state index in [1.807, 2.05) is 18.5 Å². The summed E-state index contributed by atoms with van der Waals surface area (Å²) in [6, 6.07) is 4.17. The number of rotatable bonds is 2. The van der Waals surface area contributed by atoms with Gasteiger partial charge in [0, 0.05) is 37.6 Å². The molecule has 1 aromatic rings. The summed E-state index contributed by atoms with van der Waals surface area (Å²) in [6.45, 7) is 11.2. The molecule has 0 amide bonds. The minimum Gasteiger partial charge on any atom is -0.315 e. The van der Waals surface area contributed by atoms with E-state index in [9.17, 15) is 0 Å². The Balaban J connectivity index is 2.11. The number of pyridine rings is 1. The zero-order valence-corrected chi connectivity index (χ0v) is 11.1. The molecule has 0 bridgehead atoms. The molecule has 1 atom stereocenters. The largest absolute Gasteiger partial charge is 0.315 e. The Morgan fingerprint density at radius 2 is 2.35 bits per heavy atom. The highest BCUT2D eigenvalue weighted by atomic mass is 15.2. The lowest BCUT2D eigenvalue weighted by atomic mass is 10.0. The van der Waals surface area contributed by atoms with Gasteiger partial charge in [0.05, 0.1) is 0 Å². The van der Waals surface area contributed by atoms with Crippen LogP contribution in [0.4, 0.5) is 0 Å². The number of nitrogens with one attached hydrogen (secondary N) is 1. The van der Waals surface area contributed by atoms with Gasteiger partial charge >= 0.3 is 0 Å². The maximum Gasteiger partial charge on any atom is 0.0312 e. The second kappa shape index (κ2) is 5.15. The number of hydrogen-bond acceptors (Lipinski definition) is 3. The highest BCUT2D eigenvalue weighted by Crippen LogP contribution is 2.21. The molecule has 2 heterocycles. The van der Waals surface area contributed by atoms with Crippen molar-refractivity contribution in [3.63, 3.8) is 0 Å². The molecule has 3 heteroatoms. The van der Waals surface area contributed by atoms with E-state index in [0.29, 0.717) is 5.92 Å². The van der Waals surface area contributed by atoms with Crippen LogP contribution in [0.5, 0.6) is 0 Å². The molecule has 3 nitrogen and oxygen atoms in total. The molecule has 0 radical (unpaired) electrons. The zero-order valence-electron chi connectivity index (χ0n) is 11.1. The third kappa shape index (κ3) is 3.27. The second-order valence-electron chi connectivity index (χ2n) is 5.79. The lowest BCUT2D eigenvalue weighted by molar-refractivity contribution is 0.113. The van der Waals surface area contributed by atoms with Crippen molar-refractivity contribution in [3.8, 4) is 0 Å². The maximum atomic E-state index is 4.20. The average Bonchev–Trinajstić information content (AvgIpc) is 2.40. The van der Waals surface area contributed by atoms with E-state index >= 15 is 0 Å². The van der Waals surface area contributed by atoms with Gasteiger partial charge in [-0.15, -0.1) is 0 Å². The van der Waals surface area contributed by atoms with Gasteiger partial charge in [0.15, 0.2) is 0 Å². The first-order chi connectivity index (χ1) is 8.08. The fraction of sp³-hybridized carbons (Fsp3) is 0.643. The highest BCUT2D eigenvalue weighted by Gasteiger charge is 2.30. The fourth-order valence-electron chi connectivity index (χ4n) is 2.41. The smallest absolute Gasteiger partial charge is 0.0312 e. The van der Waals surface area contributed by atoms with Crippen molar-refractivity contribution < 1.29 is 0 Å². The molecule has 0 aromatic carbocycles. The van der Waals surface area contributed by atoms with Crippen LogP contribution >= 0.6 is 0 Å². The minimum absolute atomic E-state index is 0.209. The first kappa shape index (κ1) is 12.5. The van der Waals surface area contributed by atoms with E-state index in [4.69, 9.17) is 0 Å². The Labute approximate surface area is 104 Å². The molecule has 1 fully saturated rings.